The summed E-state index contributed by atoms with van der Waals surface area (Å²) in [6, 6.07) is 10.5. The molecule has 1 saturated carbocycles. The van der Waals surface area contributed by atoms with Crippen LogP contribution in [0.3, 0.4) is 0 Å². The van der Waals surface area contributed by atoms with Gasteiger partial charge < -0.3 is 15.2 Å². The highest BCUT2D eigenvalue weighted by atomic mass is 16.5. The molecule has 8 nitrogen and oxygen atoms in total. The van der Waals surface area contributed by atoms with Crippen LogP contribution >= 0.6 is 0 Å². The average Bonchev–Trinajstić information content (AvgIpc) is 3.34. The van der Waals surface area contributed by atoms with Gasteiger partial charge in [0.15, 0.2) is 0 Å². The van der Waals surface area contributed by atoms with E-state index >= 15 is 0 Å². The number of methoxy groups -OCH3 is 1. The van der Waals surface area contributed by atoms with E-state index in [1.54, 1.807) is 14.0 Å². The monoisotopic (exact) mass is 414 g/mol. The minimum Gasteiger partial charge on any atom is -0.483 e. The number of nitrogens with one attached hydrogen (secondary N) is 2. The standard InChI is InChI=1S/C21H28N4O2.CH2O2/c1-14(26)23-19-8-16-11-25(12-17(16)9-20(19)27-2)13-18-10-22-24-21(18)15-6-4-3-5-7-15;2-1-3/h3-7,10,16-17,19-20H,8-9,11-13H2,1-2H3,(H,22,24)(H,23,26);1H,(H,2,3)/t16-,17+,19-,20-;/m1./s1. The Morgan fingerprint density at radius 1 is 1.30 bits per heavy atom. The van der Waals surface area contributed by atoms with Gasteiger partial charge in [-0.1, -0.05) is 30.3 Å². The third kappa shape index (κ3) is 5.25. The van der Waals surface area contributed by atoms with Crippen molar-refractivity contribution >= 4 is 12.4 Å². The lowest BCUT2D eigenvalue weighted by Crippen LogP contribution is -2.49. The number of carbonyl (C=O) groups is 2. The van der Waals surface area contributed by atoms with E-state index < -0.39 is 0 Å². The number of amides is 1. The summed E-state index contributed by atoms with van der Waals surface area (Å²) >= 11 is 0. The van der Waals surface area contributed by atoms with Crippen molar-refractivity contribution in [3.05, 3.63) is 42.1 Å². The van der Waals surface area contributed by atoms with Crippen molar-refractivity contribution in [3.63, 3.8) is 0 Å². The van der Waals surface area contributed by atoms with Crippen molar-refractivity contribution in [1.82, 2.24) is 20.4 Å². The smallest absolute Gasteiger partial charge is 0.290 e. The predicted molar refractivity (Wildman–Crippen MR) is 113 cm³/mol. The van der Waals surface area contributed by atoms with Crippen LogP contribution in [0.4, 0.5) is 0 Å². The van der Waals surface area contributed by atoms with Crippen molar-refractivity contribution in [2.24, 2.45) is 11.8 Å². The van der Waals surface area contributed by atoms with Gasteiger partial charge in [-0.05, 0) is 30.2 Å². The summed E-state index contributed by atoms with van der Waals surface area (Å²) < 4.78 is 5.68. The van der Waals surface area contributed by atoms with Gasteiger partial charge in [0.25, 0.3) is 6.47 Å². The zero-order valence-corrected chi connectivity index (χ0v) is 17.5. The fourth-order valence-corrected chi connectivity index (χ4v) is 4.84. The van der Waals surface area contributed by atoms with Gasteiger partial charge in [-0.15, -0.1) is 0 Å². The largest absolute Gasteiger partial charge is 0.483 e. The zero-order valence-electron chi connectivity index (χ0n) is 17.5. The van der Waals surface area contributed by atoms with E-state index in [4.69, 9.17) is 14.6 Å². The Morgan fingerprint density at radius 3 is 2.60 bits per heavy atom. The third-order valence-electron chi connectivity index (χ3n) is 6.06. The summed E-state index contributed by atoms with van der Waals surface area (Å²) in [5, 5.41) is 17.4. The Bertz CT molecular complexity index is 826. The third-order valence-corrected chi connectivity index (χ3v) is 6.06. The number of rotatable bonds is 5. The lowest BCUT2D eigenvalue weighted by atomic mass is 9.77. The molecule has 2 aromatic rings. The van der Waals surface area contributed by atoms with Gasteiger partial charge in [0.2, 0.25) is 5.91 Å². The summed E-state index contributed by atoms with van der Waals surface area (Å²) in [6.07, 6.45) is 4.07. The number of aromatic nitrogens is 2. The molecular weight excluding hydrogens is 384 g/mol. The van der Waals surface area contributed by atoms with Crippen LogP contribution < -0.4 is 5.32 Å². The van der Waals surface area contributed by atoms with Gasteiger partial charge in [-0.25, -0.2) is 0 Å². The van der Waals surface area contributed by atoms with Gasteiger partial charge in [0.1, 0.15) is 0 Å². The molecule has 30 heavy (non-hydrogen) atoms. The van der Waals surface area contributed by atoms with Crippen molar-refractivity contribution in [3.8, 4) is 11.3 Å². The van der Waals surface area contributed by atoms with E-state index in [-0.39, 0.29) is 24.5 Å². The first-order valence-electron chi connectivity index (χ1n) is 10.2. The van der Waals surface area contributed by atoms with Crippen LogP contribution in [0.5, 0.6) is 0 Å². The van der Waals surface area contributed by atoms with Crippen LogP contribution in [-0.2, 0) is 20.9 Å². The minimum absolute atomic E-state index is 0.0289. The first-order valence-corrected chi connectivity index (χ1v) is 10.2. The van der Waals surface area contributed by atoms with Crippen LogP contribution in [0, 0.1) is 11.8 Å². The van der Waals surface area contributed by atoms with Crippen molar-refractivity contribution in [2.45, 2.75) is 38.5 Å². The quantitative estimate of drug-likeness (QED) is 0.647. The lowest BCUT2D eigenvalue weighted by molar-refractivity contribution is -0.123. The maximum absolute atomic E-state index is 11.5. The molecule has 4 atom stereocenters. The maximum Gasteiger partial charge on any atom is 0.290 e. The summed E-state index contributed by atoms with van der Waals surface area (Å²) in [7, 11) is 1.75. The van der Waals surface area contributed by atoms with Crippen LogP contribution in [-0.4, -0.2) is 64.9 Å². The number of nitrogens with zero attached hydrogens (tertiary/aromatic N) is 2. The summed E-state index contributed by atoms with van der Waals surface area (Å²) in [4.78, 5) is 22.4. The molecule has 2 fully saturated rings. The number of ether oxygens (including phenoxy) is 1. The second-order valence-electron chi connectivity index (χ2n) is 8.01. The van der Waals surface area contributed by atoms with E-state index in [1.807, 2.05) is 12.3 Å². The topological polar surface area (TPSA) is 108 Å². The average molecular weight is 415 g/mol. The highest BCUT2D eigenvalue weighted by molar-refractivity contribution is 5.73. The Kier molecular flexibility index (Phi) is 7.59. The molecule has 1 saturated heterocycles. The minimum atomic E-state index is -0.250. The van der Waals surface area contributed by atoms with Crippen LogP contribution in [0.15, 0.2) is 36.5 Å². The van der Waals surface area contributed by atoms with E-state index in [2.05, 4.69) is 44.7 Å². The first kappa shape index (κ1) is 22.0. The molecule has 8 heteroatoms. The molecule has 0 radical (unpaired) electrons. The van der Waals surface area contributed by atoms with E-state index in [1.165, 1.54) is 11.1 Å². The Morgan fingerprint density at radius 2 is 1.97 bits per heavy atom. The molecule has 1 aromatic heterocycles. The van der Waals surface area contributed by atoms with Crippen LogP contribution in [0.2, 0.25) is 0 Å². The molecule has 4 rings (SSSR count). The van der Waals surface area contributed by atoms with Crippen molar-refractivity contribution < 1.29 is 19.4 Å². The summed E-state index contributed by atoms with van der Waals surface area (Å²) in [6.45, 7) is 4.38. The number of carboxylic acid groups (broad SMARTS) is 1. The maximum atomic E-state index is 11.5. The number of benzene rings is 1. The molecule has 0 bridgehead atoms. The molecule has 1 aliphatic heterocycles. The van der Waals surface area contributed by atoms with Gasteiger partial charge in [0.05, 0.1) is 24.0 Å². The van der Waals surface area contributed by atoms with E-state index in [0.717, 1.165) is 38.2 Å². The highest BCUT2D eigenvalue weighted by Gasteiger charge is 2.42. The van der Waals surface area contributed by atoms with Gasteiger partial charge >= 0.3 is 0 Å². The number of likely N-dealkylation sites (tertiary alicyclic amines) is 1. The number of carbonyl (C=O) groups excluding carboxylic acids is 1. The number of aromatic amines is 1. The number of hydrogen-bond donors (Lipinski definition) is 3. The molecule has 1 amide bonds. The molecule has 0 spiro atoms. The molecule has 1 aromatic carbocycles. The van der Waals surface area contributed by atoms with Gasteiger partial charge in [0, 0.05) is 39.2 Å². The highest BCUT2D eigenvalue weighted by Crippen LogP contribution is 2.38. The van der Waals surface area contributed by atoms with Crippen LogP contribution in [0.25, 0.3) is 11.3 Å². The molecule has 0 unspecified atom stereocenters. The zero-order chi connectivity index (χ0) is 21.5. The van der Waals surface area contributed by atoms with Crippen molar-refractivity contribution in [2.75, 3.05) is 20.2 Å². The van der Waals surface area contributed by atoms with E-state index in [0.29, 0.717) is 11.8 Å². The first-order chi connectivity index (χ1) is 14.5. The normalized spacial score (nSPS) is 25.7. The number of hydrogen-bond acceptors (Lipinski definition) is 5. The SMILES string of the molecule is CO[C@@H]1C[C@H]2CN(Cc3cn[nH]c3-c3ccccc3)C[C@H]2C[C@H]1NC(C)=O.O=CO. The molecule has 1 aliphatic carbocycles. The number of H-pyrrole nitrogens is 1. The molecule has 2 aliphatic rings. The lowest BCUT2D eigenvalue weighted by Gasteiger charge is -2.37. The Hall–Kier alpha value is -2.71. The molecule has 3 N–H and O–H groups in total. The fraction of sp³-hybridized carbons (Fsp3) is 0.500. The second-order valence-corrected chi connectivity index (χ2v) is 8.01. The molecular formula is C22H30N4O4. The Balaban J connectivity index is 0.000000806. The molecule has 162 valence electrons. The fourth-order valence-electron chi connectivity index (χ4n) is 4.84. The predicted octanol–water partition coefficient (Wildman–Crippen LogP) is 2.14. The van der Waals surface area contributed by atoms with E-state index in [9.17, 15) is 4.79 Å². The Labute approximate surface area is 176 Å². The summed E-state index contributed by atoms with van der Waals surface area (Å²) in [5.41, 5.74) is 3.52. The van der Waals surface area contributed by atoms with Crippen LogP contribution in [0.1, 0.15) is 25.3 Å². The van der Waals surface area contributed by atoms with Gasteiger partial charge in [-0.2, -0.15) is 5.10 Å². The number of fused-ring (bicyclic) bond motifs is 1. The van der Waals surface area contributed by atoms with Gasteiger partial charge in [-0.3, -0.25) is 19.6 Å². The summed E-state index contributed by atoms with van der Waals surface area (Å²) in [5.74, 6) is 1.27. The van der Waals surface area contributed by atoms with Crippen molar-refractivity contribution in [1.29, 1.82) is 0 Å². The molecule has 2 heterocycles. The second kappa shape index (κ2) is 10.4.